The molecule has 0 aliphatic carbocycles. The Balaban J connectivity index is 1.51. The van der Waals surface area contributed by atoms with Crippen LogP contribution in [-0.2, 0) is 50.9 Å². The first kappa shape index (κ1) is 29.8. The summed E-state index contributed by atoms with van der Waals surface area (Å²) < 4.78 is 73.5. The largest absolute Gasteiger partial charge is 0.472 e. The van der Waals surface area contributed by atoms with Gasteiger partial charge in [0.15, 0.2) is 0 Å². The molecule has 11 atom stereocenters. The first-order chi connectivity index (χ1) is 16.4. The van der Waals surface area contributed by atoms with Crippen molar-refractivity contribution in [2.45, 2.75) is 73.9 Å². The molecule has 3 aliphatic heterocycles. The van der Waals surface area contributed by atoms with Gasteiger partial charge in [0.2, 0.25) is 0 Å². The average Bonchev–Trinajstić information content (AvgIpc) is 3.41. The third kappa shape index (κ3) is 8.89. The Morgan fingerprint density at radius 3 is 1.49 bits per heavy atom. The van der Waals surface area contributed by atoms with Crippen LogP contribution in [0, 0.1) is 0 Å². The van der Waals surface area contributed by atoms with Crippen LogP contribution in [0.5, 0.6) is 0 Å². The van der Waals surface area contributed by atoms with Gasteiger partial charge in [-0.25, -0.2) is 9.13 Å². The molecule has 200 valence electrons. The zero-order chi connectivity index (χ0) is 25.8. The lowest BCUT2D eigenvalue weighted by atomic mass is 9.96. The topological polar surface area (TPSA) is 158 Å². The summed E-state index contributed by atoms with van der Waals surface area (Å²) in [7, 11) is -0.484. The molecule has 0 bridgehead atoms. The van der Waals surface area contributed by atoms with E-state index in [1.165, 1.54) is 14.2 Å². The fourth-order valence-electron chi connectivity index (χ4n) is 4.57. The third-order valence-corrected chi connectivity index (χ3v) is 8.16. The van der Waals surface area contributed by atoms with Crippen LogP contribution in [0.1, 0.15) is 19.3 Å². The molecule has 0 aromatic carbocycles. The Bertz CT molecular complexity index is 781. The van der Waals surface area contributed by atoms with Crippen molar-refractivity contribution >= 4 is 39.2 Å². The minimum Gasteiger partial charge on any atom is -0.382 e. The summed E-state index contributed by atoms with van der Waals surface area (Å²) in [6, 6.07) is -0.550. The predicted octanol–water partition coefficient (Wildman–Crippen LogP) is -2.10. The van der Waals surface area contributed by atoms with Gasteiger partial charge < -0.3 is 33.5 Å². The second-order valence-electron chi connectivity index (χ2n) is 9.21. The van der Waals surface area contributed by atoms with Crippen LogP contribution in [0.2, 0.25) is 0 Å². The highest BCUT2D eigenvalue weighted by molar-refractivity contribution is 7.47. The Hall–Kier alpha value is 0.215. The van der Waals surface area contributed by atoms with Crippen LogP contribution >= 0.6 is 15.6 Å². The predicted molar refractivity (Wildman–Crippen MR) is 129 cm³/mol. The molecule has 13 nitrogen and oxygen atoms in total. The maximum Gasteiger partial charge on any atom is 0.472 e. The first-order valence-corrected chi connectivity index (χ1v) is 14.7. The maximum atomic E-state index is 12.6. The summed E-state index contributed by atoms with van der Waals surface area (Å²) in [6.07, 6.45) is -2.41. The fraction of sp³-hybridized carbons (Fsp3) is 1.00. The van der Waals surface area contributed by atoms with Crippen molar-refractivity contribution in [2.24, 2.45) is 0 Å². The number of phosphoric ester groups is 2. The number of phosphoric acid groups is 2. The molecule has 2 N–H and O–H groups in total. The van der Waals surface area contributed by atoms with E-state index in [2.05, 4.69) is 0 Å². The van der Waals surface area contributed by atoms with Gasteiger partial charge in [0.25, 0.3) is 0 Å². The van der Waals surface area contributed by atoms with Crippen LogP contribution in [0.3, 0.4) is 0 Å². The Kier molecular flexibility index (Phi) is 10.9. The number of rotatable bonds is 13. The lowest BCUT2D eigenvalue weighted by Gasteiger charge is -2.25. The van der Waals surface area contributed by atoms with Crippen LogP contribution in [0.4, 0.5) is 0 Å². The summed E-state index contributed by atoms with van der Waals surface area (Å²) >= 11 is 0. The van der Waals surface area contributed by atoms with Gasteiger partial charge in [0.05, 0.1) is 38.1 Å². The molecule has 0 spiro atoms. The zero-order valence-electron chi connectivity index (χ0n) is 20.7. The van der Waals surface area contributed by atoms with Crippen molar-refractivity contribution in [1.29, 1.82) is 0 Å². The van der Waals surface area contributed by atoms with E-state index in [4.69, 9.17) is 41.8 Å². The average molecular weight is 542 g/mol. The van der Waals surface area contributed by atoms with Gasteiger partial charge >= 0.3 is 15.6 Å². The van der Waals surface area contributed by atoms with Gasteiger partial charge in [-0.3, -0.25) is 18.1 Å². The van der Waals surface area contributed by atoms with Gasteiger partial charge in [-0.1, -0.05) is 0 Å². The second kappa shape index (κ2) is 12.8. The van der Waals surface area contributed by atoms with Crippen molar-refractivity contribution in [3.8, 4) is 0 Å². The van der Waals surface area contributed by atoms with Gasteiger partial charge in [-0.15, -0.1) is 0 Å². The molecule has 3 rings (SSSR count). The number of ether oxygens (including phenoxy) is 5. The van der Waals surface area contributed by atoms with E-state index < -0.39 is 52.8 Å². The molecule has 3 fully saturated rings. The molecule has 8 unspecified atom stereocenters. The van der Waals surface area contributed by atoms with Crippen LogP contribution in [0.25, 0.3) is 0 Å². The molecule has 3 aliphatic rings. The van der Waals surface area contributed by atoms with Gasteiger partial charge in [0, 0.05) is 32.2 Å². The zero-order valence-corrected chi connectivity index (χ0v) is 22.5. The number of hydrogen-bond acceptors (Lipinski definition) is 11. The van der Waals surface area contributed by atoms with Crippen molar-refractivity contribution in [2.75, 3.05) is 34.0 Å². The van der Waals surface area contributed by atoms with Crippen molar-refractivity contribution in [1.82, 2.24) is 0 Å². The normalized spacial score (nSPS) is 41.1. The van der Waals surface area contributed by atoms with E-state index in [-0.39, 0.29) is 43.7 Å². The molecular weight excluding hydrogens is 507 g/mol. The summed E-state index contributed by atoms with van der Waals surface area (Å²) in [6.45, 7) is -0.378. The number of hydrogen-bond donors (Lipinski definition) is 2. The molecular formula is C17H35B3O13P2. The Morgan fingerprint density at radius 2 is 1.09 bits per heavy atom. The fourth-order valence-corrected chi connectivity index (χ4v) is 6.49. The van der Waals surface area contributed by atoms with Crippen molar-refractivity contribution in [3.63, 3.8) is 0 Å². The molecule has 0 aromatic rings. The monoisotopic (exact) mass is 542 g/mol. The third-order valence-electron chi connectivity index (χ3n) is 6.13. The van der Waals surface area contributed by atoms with E-state index in [1.807, 2.05) is 15.7 Å². The summed E-state index contributed by atoms with van der Waals surface area (Å²) in [4.78, 5) is 20.5. The van der Waals surface area contributed by atoms with E-state index in [0.29, 0.717) is 12.8 Å². The van der Waals surface area contributed by atoms with Gasteiger partial charge in [-0.05, 0) is 19.3 Å². The molecule has 0 radical (unpaired) electrons. The van der Waals surface area contributed by atoms with E-state index in [1.54, 1.807) is 7.85 Å². The van der Waals surface area contributed by atoms with E-state index in [9.17, 15) is 18.9 Å². The summed E-state index contributed by atoms with van der Waals surface area (Å²) in [5.74, 6) is 0. The van der Waals surface area contributed by atoms with Crippen LogP contribution in [-0.4, -0.2) is 122 Å². The lowest BCUT2D eigenvalue weighted by Crippen LogP contribution is -2.31. The van der Waals surface area contributed by atoms with Gasteiger partial charge in [0.1, 0.15) is 41.9 Å². The summed E-state index contributed by atoms with van der Waals surface area (Å²) in [5.41, 5.74) is 0. The maximum absolute atomic E-state index is 12.6. The molecule has 0 amide bonds. The highest BCUT2D eigenvalue weighted by atomic mass is 31.2. The minimum atomic E-state index is -4.49. The minimum absolute atomic E-state index is 0.0571. The SMILES string of the molecule is BC1C[C@H](OC)C(COP(=O)(O)O[C@H]2CC(B)OC2COP(=O)(O)O[C@H]2CC(B)OC2COC)O1. The molecule has 3 heterocycles. The molecule has 35 heavy (non-hydrogen) atoms. The molecule has 0 saturated carbocycles. The second-order valence-corrected chi connectivity index (χ2v) is 12.0. The smallest absolute Gasteiger partial charge is 0.382 e. The molecule has 3 saturated heterocycles. The van der Waals surface area contributed by atoms with Crippen molar-refractivity contribution < 1.29 is 60.7 Å². The molecule has 18 heteroatoms. The molecule has 0 aromatic heterocycles. The van der Waals surface area contributed by atoms with Gasteiger partial charge in [-0.2, -0.15) is 0 Å². The number of methoxy groups -OCH3 is 2. The summed E-state index contributed by atoms with van der Waals surface area (Å²) in [5, 5.41) is 0. The van der Waals surface area contributed by atoms with E-state index >= 15 is 0 Å². The highest BCUT2D eigenvalue weighted by Crippen LogP contribution is 2.50. The Labute approximate surface area is 208 Å². The van der Waals surface area contributed by atoms with Crippen LogP contribution < -0.4 is 0 Å². The lowest BCUT2D eigenvalue weighted by molar-refractivity contribution is -0.0383. The van der Waals surface area contributed by atoms with Crippen LogP contribution in [0.15, 0.2) is 0 Å². The van der Waals surface area contributed by atoms with E-state index in [0.717, 1.165) is 0 Å². The highest BCUT2D eigenvalue weighted by Gasteiger charge is 2.43. The standard InChI is InChI=1S/C17H35B3O13P2/c1-25-6-12-10(4-16(19)29-12)32-35(23,24)28-8-14-11(5-17(20)31-14)33-34(21,22)27-7-13-9(26-2)3-15(18)30-13/h9-17H,3-8,18-20H2,1-2H3,(H,21,22)(H,23,24)/t9-,10-,11-,12?,13?,14?,15?,16?,17?/m0/s1. The Morgan fingerprint density at radius 1 is 0.714 bits per heavy atom. The quantitative estimate of drug-likeness (QED) is 0.193. The first-order valence-electron chi connectivity index (χ1n) is 11.7. The van der Waals surface area contributed by atoms with Crippen molar-refractivity contribution in [3.05, 3.63) is 0 Å².